The molecule has 3 rings (SSSR count). The third-order valence-corrected chi connectivity index (χ3v) is 4.53. The van der Waals surface area contributed by atoms with E-state index in [0.29, 0.717) is 22.6 Å². The highest BCUT2D eigenvalue weighted by atomic mass is 79.9. The van der Waals surface area contributed by atoms with Crippen LogP contribution in [-0.4, -0.2) is 26.2 Å². The number of amides is 2. The Hall–Kier alpha value is -2.80. The average Bonchev–Trinajstić information content (AvgIpc) is 2.66. The Morgan fingerprint density at radius 2 is 1.85 bits per heavy atom. The van der Waals surface area contributed by atoms with Crippen LogP contribution in [0.25, 0.3) is 5.70 Å². The normalized spacial score (nSPS) is 16.6. The monoisotopic (exact) mass is 416 g/mol. The first-order valence-electron chi connectivity index (χ1n) is 7.83. The van der Waals surface area contributed by atoms with Gasteiger partial charge in [-0.25, -0.2) is 9.59 Å². The molecule has 2 amide bonds. The lowest BCUT2D eigenvalue weighted by molar-refractivity contribution is -0.136. The number of esters is 1. The van der Waals surface area contributed by atoms with E-state index in [-0.39, 0.29) is 0 Å². The molecule has 0 fully saturated rings. The quantitative estimate of drug-likeness (QED) is 0.748. The average molecular weight is 417 g/mol. The van der Waals surface area contributed by atoms with E-state index in [1.807, 2.05) is 24.3 Å². The zero-order valence-corrected chi connectivity index (χ0v) is 15.8. The molecule has 1 atom stereocenters. The predicted molar refractivity (Wildman–Crippen MR) is 100 cm³/mol. The van der Waals surface area contributed by atoms with Crippen molar-refractivity contribution >= 4 is 33.6 Å². The van der Waals surface area contributed by atoms with E-state index in [1.165, 1.54) is 7.11 Å². The highest BCUT2D eigenvalue weighted by Gasteiger charge is 2.34. The molecule has 134 valence electrons. The lowest BCUT2D eigenvalue weighted by Crippen LogP contribution is -2.45. The van der Waals surface area contributed by atoms with Gasteiger partial charge in [0.15, 0.2) is 0 Å². The Bertz CT molecular complexity index is 877. The van der Waals surface area contributed by atoms with Crippen LogP contribution in [0.5, 0.6) is 5.75 Å². The SMILES string of the molecule is COC(=O)C1=C(c2ccc(OC)cc2)NC(=O)NC1c1cccc(Br)c1. The van der Waals surface area contributed by atoms with Crippen LogP contribution < -0.4 is 15.4 Å². The summed E-state index contributed by atoms with van der Waals surface area (Å²) in [4.78, 5) is 24.8. The van der Waals surface area contributed by atoms with Gasteiger partial charge in [-0.3, -0.25) is 0 Å². The van der Waals surface area contributed by atoms with E-state index in [4.69, 9.17) is 9.47 Å². The van der Waals surface area contributed by atoms with Crippen LogP contribution in [0.1, 0.15) is 17.2 Å². The predicted octanol–water partition coefficient (Wildman–Crippen LogP) is 3.40. The molecule has 2 aromatic carbocycles. The van der Waals surface area contributed by atoms with E-state index in [2.05, 4.69) is 26.6 Å². The van der Waals surface area contributed by atoms with E-state index < -0.39 is 18.0 Å². The van der Waals surface area contributed by atoms with Crippen LogP contribution in [0.15, 0.2) is 58.6 Å². The minimum atomic E-state index is -0.634. The molecule has 0 bridgehead atoms. The molecule has 26 heavy (non-hydrogen) atoms. The van der Waals surface area contributed by atoms with Crippen molar-refractivity contribution < 1.29 is 19.1 Å². The third-order valence-electron chi connectivity index (χ3n) is 4.04. The van der Waals surface area contributed by atoms with E-state index >= 15 is 0 Å². The van der Waals surface area contributed by atoms with Crippen LogP contribution in [-0.2, 0) is 9.53 Å². The molecule has 7 heteroatoms. The molecule has 2 aromatic rings. The number of hydrogen-bond acceptors (Lipinski definition) is 4. The van der Waals surface area contributed by atoms with Gasteiger partial charge < -0.3 is 20.1 Å². The number of carbonyl (C=O) groups is 2. The van der Waals surface area contributed by atoms with Gasteiger partial charge in [0.1, 0.15) is 5.75 Å². The molecule has 0 aromatic heterocycles. The Kier molecular flexibility index (Phi) is 5.27. The Labute approximate surface area is 159 Å². The molecule has 0 aliphatic carbocycles. The molecule has 2 N–H and O–H groups in total. The second-order valence-corrected chi connectivity index (χ2v) is 6.51. The number of rotatable bonds is 4. The van der Waals surface area contributed by atoms with E-state index in [9.17, 15) is 9.59 Å². The summed E-state index contributed by atoms with van der Waals surface area (Å²) in [5.41, 5.74) is 2.19. The minimum Gasteiger partial charge on any atom is -0.497 e. The van der Waals surface area contributed by atoms with Crippen molar-refractivity contribution in [2.45, 2.75) is 6.04 Å². The number of benzene rings is 2. The van der Waals surface area contributed by atoms with Gasteiger partial charge in [0.05, 0.1) is 31.5 Å². The topological polar surface area (TPSA) is 76.7 Å². The molecular weight excluding hydrogens is 400 g/mol. The van der Waals surface area contributed by atoms with E-state index in [1.54, 1.807) is 31.4 Å². The zero-order chi connectivity index (χ0) is 18.7. The number of halogens is 1. The molecule has 1 heterocycles. The smallest absolute Gasteiger partial charge is 0.338 e. The summed E-state index contributed by atoms with van der Waals surface area (Å²) < 4.78 is 11.0. The van der Waals surface area contributed by atoms with Crippen LogP contribution in [0.2, 0.25) is 0 Å². The van der Waals surface area contributed by atoms with Crippen molar-refractivity contribution in [1.82, 2.24) is 10.6 Å². The number of carbonyl (C=O) groups excluding carboxylic acids is 2. The van der Waals surface area contributed by atoms with Crippen molar-refractivity contribution in [3.63, 3.8) is 0 Å². The summed E-state index contributed by atoms with van der Waals surface area (Å²) in [6, 6.07) is 13.5. The first-order valence-corrected chi connectivity index (χ1v) is 8.62. The summed E-state index contributed by atoms with van der Waals surface area (Å²) >= 11 is 3.42. The van der Waals surface area contributed by atoms with Crippen LogP contribution in [0, 0.1) is 0 Å². The number of nitrogens with one attached hydrogen (secondary N) is 2. The van der Waals surface area contributed by atoms with Crippen molar-refractivity contribution in [3.8, 4) is 5.75 Å². The van der Waals surface area contributed by atoms with Crippen LogP contribution >= 0.6 is 15.9 Å². The molecule has 0 saturated carbocycles. The first-order chi connectivity index (χ1) is 12.5. The largest absolute Gasteiger partial charge is 0.497 e. The van der Waals surface area contributed by atoms with Crippen LogP contribution in [0.4, 0.5) is 4.79 Å². The number of urea groups is 1. The van der Waals surface area contributed by atoms with Gasteiger partial charge in [-0.1, -0.05) is 28.1 Å². The standard InChI is InChI=1S/C19H17BrN2O4/c1-25-14-8-6-11(7-9-14)16-15(18(23)26-2)17(22-19(24)21-16)12-4-3-5-13(20)10-12/h3-10,17H,1-2H3,(H2,21,22,24). The molecule has 1 aliphatic heterocycles. The highest BCUT2D eigenvalue weighted by molar-refractivity contribution is 9.10. The number of methoxy groups -OCH3 is 2. The zero-order valence-electron chi connectivity index (χ0n) is 14.2. The summed E-state index contributed by atoms with van der Waals surface area (Å²) in [5, 5.41) is 5.52. The fourth-order valence-corrected chi connectivity index (χ4v) is 3.23. The Morgan fingerprint density at radius 3 is 2.46 bits per heavy atom. The first kappa shape index (κ1) is 18.0. The highest BCUT2D eigenvalue weighted by Crippen LogP contribution is 2.33. The molecule has 0 radical (unpaired) electrons. The summed E-state index contributed by atoms with van der Waals surface area (Å²) in [6.07, 6.45) is 0. The summed E-state index contributed by atoms with van der Waals surface area (Å²) in [7, 11) is 2.89. The van der Waals surface area contributed by atoms with E-state index in [0.717, 1.165) is 10.0 Å². The molecule has 6 nitrogen and oxygen atoms in total. The maximum Gasteiger partial charge on any atom is 0.338 e. The second kappa shape index (κ2) is 7.61. The van der Waals surface area contributed by atoms with Gasteiger partial charge >= 0.3 is 12.0 Å². The summed E-state index contributed by atoms with van der Waals surface area (Å²) in [5.74, 6) is 0.158. The van der Waals surface area contributed by atoms with Gasteiger partial charge in [-0.15, -0.1) is 0 Å². The summed E-state index contributed by atoms with van der Waals surface area (Å²) in [6.45, 7) is 0. The fourth-order valence-electron chi connectivity index (χ4n) is 2.82. The van der Waals surface area contributed by atoms with Crippen LogP contribution in [0.3, 0.4) is 0 Å². The van der Waals surface area contributed by atoms with Gasteiger partial charge in [0.25, 0.3) is 0 Å². The third kappa shape index (κ3) is 3.57. The lowest BCUT2D eigenvalue weighted by Gasteiger charge is -2.29. The van der Waals surface area contributed by atoms with Crippen molar-refractivity contribution in [2.75, 3.05) is 14.2 Å². The molecule has 1 unspecified atom stereocenters. The lowest BCUT2D eigenvalue weighted by atomic mass is 9.93. The molecular formula is C19H17BrN2O4. The van der Waals surface area contributed by atoms with Gasteiger partial charge in [0.2, 0.25) is 0 Å². The van der Waals surface area contributed by atoms with Crippen molar-refractivity contribution in [3.05, 3.63) is 69.7 Å². The van der Waals surface area contributed by atoms with Gasteiger partial charge in [0, 0.05) is 4.47 Å². The van der Waals surface area contributed by atoms with Gasteiger partial charge in [-0.05, 0) is 47.5 Å². The molecule has 0 saturated heterocycles. The fraction of sp³-hybridized carbons (Fsp3) is 0.158. The maximum absolute atomic E-state index is 12.5. The van der Waals surface area contributed by atoms with Crippen molar-refractivity contribution in [2.24, 2.45) is 0 Å². The Balaban J connectivity index is 2.17. The van der Waals surface area contributed by atoms with Crippen molar-refractivity contribution in [1.29, 1.82) is 0 Å². The Morgan fingerprint density at radius 1 is 1.12 bits per heavy atom. The molecule has 1 aliphatic rings. The van der Waals surface area contributed by atoms with Gasteiger partial charge in [-0.2, -0.15) is 0 Å². The number of ether oxygens (including phenoxy) is 2. The number of hydrogen-bond donors (Lipinski definition) is 2. The second-order valence-electron chi connectivity index (χ2n) is 5.60. The minimum absolute atomic E-state index is 0.329. The molecule has 0 spiro atoms. The maximum atomic E-state index is 12.5.